The number of nitrogens with zero attached hydrogens (tertiary/aromatic N) is 3. The average molecular weight is 454 g/mol. The van der Waals surface area contributed by atoms with Crippen molar-refractivity contribution >= 4 is 46.5 Å². The third-order valence-electron chi connectivity index (χ3n) is 3.74. The molecule has 154 valence electrons. The van der Waals surface area contributed by atoms with E-state index in [1.54, 1.807) is 24.3 Å². The van der Waals surface area contributed by atoms with Crippen molar-refractivity contribution in [3.63, 3.8) is 0 Å². The van der Waals surface area contributed by atoms with Gasteiger partial charge in [-0.05, 0) is 12.0 Å². The number of aromatic nitrogens is 4. The highest BCUT2D eigenvalue weighted by atomic mass is 35.5. The second-order valence-electron chi connectivity index (χ2n) is 5.88. The molecule has 0 fully saturated rings. The molecule has 3 rings (SSSR count). The molecule has 0 aliphatic carbocycles. The number of hydrogen-bond acceptors (Lipinski definition) is 8. The minimum Gasteiger partial charge on any atom is -0.493 e. The zero-order valence-corrected chi connectivity index (χ0v) is 18.0. The molecule has 11 heteroatoms. The van der Waals surface area contributed by atoms with Gasteiger partial charge in [0.15, 0.2) is 5.16 Å². The number of amides is 1. The molecule has 1 aromatic carbocycles. The summed E-state index contributed by atoms with van der Waals surface area (Å²) in [6, 6.07) is 8.77. The van der Waals surface area contributed by atoms with Gasteiger partial charge in [0.1, 0.15) is 10.6 Å². The number of aryl methyl sites for hydroxylation is 1. The van der Waals surface area contributed by atoms with Gasteiger partial charge in [-0.25, -0.2) is 0 Å². The molecule has 3 N–H and O–H groups in total. The van der Waals surface area contributed by atoms with Crippen molar-refractivity contribution in [2.24, 2.45) is 0 Å². The van der Waals surface area contributed by atoms with Gasteiger partial charge in [-0.15, -0.1) is 22.6 Å². The number of H-pyrrole nitrogens is 1. The molecule has 3 aromatic rings. The van der Waals surface area contributed by atoms with Crippen LogP contribution in [0.5, 0.6) is 5.88 Å². The van der Waals surface area contributed by atoms with E-state index in [-0.39, 0.29) is 40.7 Å². The van der Waals surface area contributed by atoms with Crippen molar-refractivity contribution < 1.29 is 9.90 Å². The Morgan fingerprint density at radius 3 is 2.72 bits per heavy atom. The first-order valence-corrected chi connectivity index (χ1v) is 10.5. The number of aromatic hydroxyl groups is 1. The van der Waals surface area contributed by atoms with Gasteiger partial charge in [-0.3, -0.25) is 14.9 Å². The zero-order chi connectivity index (χ0) is 19.9. The van der Waals surface area contributed by atoms with Crippen LogP contribution in [0.3, 0.4) is 0 Å². The topological polar surface area (TPSA) is 121 Å². The standard InChI is InChI=1S/C18H19N5O3S2.ClH/c1-2-3-9-13-22-23-18(28-13)19-12(24)10-27-17-20-15(25)14(16(26)21-17)11-7-5-4-6-8-11;/h4-8H,2-3,9-10H2,1H3,(H,19,23,24)(H2,20,21,25,26);1H. The first-order valence-electron chi connectivity index (χ1n) is 8.70. The van der Waals surface area contributed by atoms with Gasteiger partial charge in [0.2, 0.25) is 16.9 Å². The monoisotopic (exact) mass is 453 g/mol. The Kier molecular flexibility index (Phi) is 8.62. The summed E-state index contributed by atoms with van der Waals surface area (Å²) in [5, 5.41) is 22.3. The maximum absolute atomic E-state index is 12.3. The maximum Gasteiger partial charge on any atom is 0.263 e. The third-order valence-corrected chi connectivity index (χ3v) is 5.51. The summed E-state index contributed by atoms with van der Waals surface area (Å²) >= 11 is 2.37. The number of anilines is 1. The molecular weight excluding hydrogens is 434 g/mol. The normalized spacial score (nSPS) is 10.4. The van der Waals surface area contributed by atoms with E-state index in [0.29, 0.717) is 10.7 Å². The summed E-state index contributed by atoms with van der Waals surface area (Å²) in [5.41, 5.74) is 0.201. The van der Waals surface area contributed by atoms with Crippen LogP contribution in [0.25, 0.3) is 11.1 Å². The fraction of sp³-hybridized carbons (Fsp3) is 0.278. The number of thioether (sulfide) groups is 1. The van der Waals surface area contributed by atoms with Gasteiger partial charge in [0, 0.05) is 6.42 Å². The lowest BCUT2D eigenvalue weighted by molar-refractivity contribution is -0.113. The minimum atomic E-state index is -0.466. The third kappa shape index (κ3) is 6.28. The molecule has 2 aromatic heterocycles. The molecule has 0 saturated carbocycles. The van der Waals surface area contributed by atoms with Crippen molar-refractivity contribution in [2.75, 3.05) is 11.1 Å². The van der Waals surface area contributed by atoms with Crippen LogP contribution in [-0.2, 0) is 11.2 Å². The predicted octanol–water partition coefficient (Wildman–Crippen LogP) is 3.49. The van der Waals surface area contributed by atoms with Gasteiger partial charge in [0.05, 0.1) is 5.75 Å². The summed E-state index contributed by atoms with van der Waals surface area (Å²) in [7, 11) is 0. The lowest BCUT2D eigenvalue weighted by Crippen LogP contribution is -2.16. The number of rotatable bonds is 8. The van der Waals surface area contributed by atoms with Gasteiger partial charge in [-0.1, -0.05) is 66.8 Å². The number of nitrogens with one attached hydrogen (secondary N) is 2. The van der Waals surface area contributed by atoms with Crippen molar-refractivity contribution in [3.05, 3.63) is 45.7 Å². The molecule has 1 amide bonds. The van der Waals surface area contributed by atoms with Crippen molar-refractivity contribution in [3.8, 4) is 17.0 Å². The Labute approximate surface area is 181 Å². The quantitative estimate of drug-likeness (QED) is 0.352. The van der Waals surface area contributed by atoms with E-state index in [1.807, 2.05) is 6.07 Å². The number of benzene rings is 1. The Bertz CT molecular complexity index is 1010. The van der Waals surface area contributed by atoms with E-state index < -0.39 is 5.56 Å². The fourth-order valence-electron chi connectivity index (χ4n) is 2.40. The average Bonchev–Trinajstić information content (AvgIpc) is 3.12. The van der Waals surface area contributed by atoms with Crippen LogP contribution in [0.4, 0.5) is 5.13 Å². The van der Waals surface area contributed by atoms with Crippen LogP contribution >= 0.6 is 35.5 Å². The summed E-state index contributed by atoms with van der Waals surface area (Å²) in [4.78, 5) is 31.0. The van der Waals surface area contributed by atoms with Crippen LogP contribution in [0.2, 0.25) is 0 Å². The molecule has 2 heterocycles. The Balaban J connectivity index is 0.00000300. The number of unbranched alkanes of at least 4 members (excludes halogenated alkanes) is 1. The van der Waals surface area contributed by atoms with Crippen molar-refractivity contribution in [2.45, 2.75) is 31.3 Å². The van der Waals surface area contributed by atoms with Crippen LogP contribution in [-0.4, -0.2) is 36.9 Å². The van der Waals surface area contributed by atoms with E-state index in [0.717, 1.165) is 36.0 Å². The summed E-state index contributed by atoms with van der Waals surface area (Å²) in [6.07, 6.45) is 2.94. The first kappa shape index (κ1) is 22.9. The SMILES string of the molecule is CCCCc1nnc(NC(=O)CSc2nc(O)c(-c3ccccc3)c(=O)[nH]2)s1.Cl. The summed E-state index contributed by atoms with van der Waals surface area (Å²) < 4.78 is 0. The molecule has 0 unspecified atom stereocenters. The van der Waals surface area contributed by atoms with E-state index in [9.17, 15) is 14.7 Å². The lowest BCUT2D eigenvalue weighted by Gasteiger charge is -2.06. The number of carbonyl (C=O) groups excluding carboxylic acids is 1. The Morgan fingerprint density at radius 2 is 2.03 bits per heavy atom. The summed E-state index contributed by atoms with van der Waals surface area (Å²) in [6.45, 7) is 2.10. The molecular formula is C18H20ClN5O3S2. The predicted molar refractivity (Wildman–Crippen MR) is 117 cm³/mol. The van der Waals surface area contributed by atoms with E-state index in [4.69, 9.17) is 0 Å². The lowest BCUT2D eigenvalue weighted by atomic mass is 10.1. The molecule has 0 radical (unpaired) electrons. The van der Waals surface area contributed by atoms with Crippen LogP contribution in [0, 0.1) is 0 Å². The van der Waals surface area contributed by atoms with E-state index in [2.05, 4.69) is 32.4 Å². The maximum atomic E-state index is 12.3. The van der Waals surface area contributed by atoms with Gasteiger partial charge >= 0.3 is 0 Å². The number of aromatic amines is 1. The van der Waals surface area contributed by atoms with E-state index >= 15 is 0 Å². The van der Waals surface area contributed by atoms with Crippen LogP contribution in [0.1, 0.15) is 24.8 Å². The van der Waals surface area contributed by atoms with Gasteiger partial charge in [-0.2, -0.15) is 4.98 Å². The van der Waals surface area contributed by atoms with E-state index in [1.165, 1.54) is 11.3 Å². The molecule has 0 bridgehead atoms. The molecule has 0 saturated heterocycles. The van der Waals surface area contributed by atoms with Crippen molar-refractivity contribution in [1.82, 2.24) is 20.2 Å². The Morgan fingerprint density at radius 1 is 1.28 bits per heavy atom. The number of carbonyl (C=O) groups is 1. The van der Waals surface area contributed by atoms with Crippen LogP contribution < -0.4 is 10.9 Å². The molecule has 8 nitrogen and oxygen atoms in total. The first-order chi connectivity index (χ1) is 13.6. The highest BCUT2D eigenvalue weighted by molar-refractivity contribution is 7.99. The largest absolute Gasteiger partial charge is 0.493 e. The highest BCUT2D eigenvalue weighted by Gasteiger charge is 2.14. The molecule has 0 aliphatic heterocycles. The van der Waals surface area contributed by atoms with Crippen molar-refractivity contribution in [1.29, 1.82) is 0 Å². The smallest absolute Gasteiger partial charge is 0.263 e. The Hall–Kier alpha value is -2.43. The second kappa shape index (κ2) is 10.9. The minimum absolute atomic E-state index is 0. The second-order valence-corrected chi connectivity index (χ2v) is 7.90. The molecule has 0 spiro atoms. The number of hydrogen-bond donors (Lipinski definition) is 3. The number of halogens is 1. The molecule has 0 aliphatic rings. The summed E-state index contributed by atoms with van der Waals surface area (Å²) in [5.74, 6) is -0.656. The van der Waals surface area contributed by atoms with Gasteiger partial charge in [0.25, 0.3) is 5.56 Å². The highest BCUT2D eigenvalue weighted by Crippen LogP contribution is 2.25. The van der Waals surface area contributed by atoms with Crippen LogP contribution in [0.15, 0.2) is 40.3 Å². The van der Waals surface area contributed by atoms with Gasteiger partial charge < -0.3 is 10.1 Å². The molecule has 0 atom stereocenters. The zero-order valence-electron chi connectivity index (χ0n) is 15.5. The molecule has 29 heavy (non-hydrogen) atoms. The fourth-order valence-corrected chi connectivity index (χ4v) is 3.85.